The third kappa shape index (κ3) is 7.40. The normalized spacial score (nSPS) is 10.8. The van der Waals surface area contributed by atoms with Crippen LogP contribution < -0.4 is 10.0 Å². The molecule has 2 aromatic carbocycles. The summed E-state index contributed by atoms with van der Waals surface area (Å²) in [5.41, 5.74) is 0.894. The van der Waals surface area contributed by atoms with Gasteiger partial charge in [-0.15, -0.1) is 0 Å². The number of carbonyl (C=O) groups excluding carboxylic acids is 4. The lowest BCUT2D eigenvalue weighted by atomic mass is 10.1. The SMILES string of the molecule is COC(=O)c1cc(NC(=O)COC(=O)CNS(=O)(=O)c2ccc(C)cc2)cc(C(=O)OC)c1. The van der Waals surface area contributed by atoms with Gasteiger partial charge in [0.15, 0.2) is 6.61 Å². The zero-order valence-corrected chi connectivity index (χ0v) is 18.9. The summed E-state index contributed by atoms with van der Waals surface area (Å²) in [7, 11) is -1.63. The average molecular weight is 478 g/mol. The van der Waals surface area contributed by atoms with Crippen molar-refractivity contribution < 1.29 is 41.8 Å². The minimum atomic E-state index is -3.93. The number of ether oxygens (including phenoxy) is 3. The first-order valence-corrected chi connectivity index (χ1v) is 10.9. The van der Waals surface area contributed by atoms with Crippen molar-refractivity contribution >= 4 is 39.5 Å². The Kier molecular flexibility index (Phi) is 8.65. The Morgan fingerprint density at radius 2 is 1.42 bits per heavy atom. The van der Waals surface area contributed by atoms with Crippen molar-refractivity contribution in [3.05, 3.63) is 59.2 Å². The van der Waals surface area contributed by atoms with E-state index in [1.807, 2.05) is 0 Å². The second-order valence-corrected chi connectivity index (χ2v) is 8.40. The van der Waals surface area contributed by atoms with E-state index in [2.05, 4.69) is 19.5 Å². The number of esters is 3. The van der Waals surface area contributed by atoms with Gasteiger partial charge >= 0.3 is 17.9 Å². The van der Waals surface area contributed by atoms with E-state index in [0.717, 1.165) is 19.8 Å². The van der Waals surface area contributed by atoms with Crippen molar-refractivity contribution in [2.45, 2.75) is 11.8 Å². The van der Waals surface area contributed by atoms with E-state index in [0.29, 0.717) is 0 Å². The Balaban J connectivity index is 1.95. The number of aryl methyl sites for hydroxylation is 1. The lowest BCUT2D eigenvalue weighted by molar-refractivity contribution is -0.146. The van der Waals surface area contributed by atoms with E-state index < -0.39 is 47.0 Å². The van der Waals surface area contributed by atoms with E-state index in [4.69, 9.17) is 4.74 Å². The number of anilines is 1. The predicted octanol–water partition coefficient (Wildman–Crippen LogP) is 1.03. The molecule has 12 heteroatoms. The molecule has 0 heterocycles. The number of carbonyl (C=O) groups is 4. The summed E-state index contributed by atoms with van der Waals surface area (Å²) in [5.74, 6) is -3.27. The summed E-state index contributed by atoms with van der Waals surface area (Å²) in [6.07, 6.45) is 0. The molecule has 0 saturated carbocycles. The maximum atomic E-state index is 12.2. The van der Waals surface area contributed by atoms with Crippen LogP contribution in [0.5, 0.6) is 0 Å². The van der Waals surface area contributed by atoms with E-state index in [9.17, 15) is 27.6 Å². The van der Waals surface area contributed by atoms with Gasteiger partial charge in [0.1, 0.15) is 6.54 Å². The van der Waals surface area contributed by atoms with Gasteiger partial charge in [0.2, 0.25) is 10.0 Å². The second-order valence-electron chi connectivity index (χ2n) is 6.63. The third-order valence-corrected chi connectivity index (χ3v) is 5.58. The van der Waals surface area contributed by atoms with E-state index in [-0.39, 0.29) is 21.7 Å². The Labute approximate surface area is 190 Å². The summed E-state index contributed by atoms with van der Waals surface area (Å²) >= 11 is 0. The maximum absolute atomic E-state index is 12.2. The molecule has 0 aliphatic carbocycles. The highest BCUT2D eigenvalue weighted by Crippen LogP contribution is 2.17. The molecule has 2 aromatic rings. The molecule has 0 atom stereocenters. The van der Waals surface area contributed by atoms with Gasteiger partial charge in [-0.2, -0.15) is 4.72 Å². The smallest absolute Gasteiger partial charge is 0.337 e. The van der Waals surface area contributed by atoms with Gasteiger partial charge in [0.05, 0.1) is 30.2 Å². The quantitative estimate of drug-likeness (QED) is 0.397. The average Bonchev–Trinajstić information content (AvgIpc) is 2.80. The van der Waals surface area contributed by atoms with Gasteiger partial charge in [-0.05, 0) is 37.3 Å². The fourth-order valence-corrected chi connectivity index (χ4v) is 3.49. The van der Waals surface area contributed by atoms with Crippen LogP contribution in [0.2, 0.25) is 0 Å². The number of methoxy groups -OCH3 is 2. The van der Waals surface area contributed by atoms with E-state index in [1.54, 1.807) is 19.1 Å². The number of sulfonamides is 1. The molecule has 0 aliphatic heterocycles. The maximum Gasteiger partial charge on any atom is 0.337 e. The highest BCUT2D eigenvalue weighted by Gasteiger charge is 2.18. The van der Waals surface area contributed by atoms with Crippen LogP contribution in [0.25, 0.3) is 0 Å². The number of amides is 1. The van der Waals surface area contributed by atoms with Gasteiger partial charge in [-0.25, -0.2) is 18.0 Å². The van der Waals surface area contributed by atoms with Crippen LogP contribution in [0.3, 0.4) is 0 Å². The highest BCUT2D eigenvalue weighted by atomic mass is 32.2. The molecule has 33 heavy (non-hydrogen) atoms. The lowest BCUT2D eigenvalue weighted by Crippen LogP contribution is -2.32. The van der Waals surface area contributed by atoms with Crippen LogP contribution in [0.4, 0.5) is 5.69 Å². The van der Waals surface area contributed by atoms with Crippen LogP contribution >= 0.6 is 0 Å². The summed E-state index contributed by atoms with van der Waals surface area (Å²) in [6, 6.07) is 9.74. The molecular weight excluding hydrogens is 456 g/mol. The molecule has 0 radical (unpaired) electrons. The van der Waals surface area contributed by atoms with Crippen molar-refractivity contribution in [1.82, 2.24) is 4.72 Å². The topological polar surface area (TPSA) is 154 Å². The number of rotatable bonds is 9. The molecule has 176 valence electrons. The zero-order valence-electron chi connectivity index (χ0n) is 18.0. The molecule has 0 aliphatic rings. The largest absolute Gasteiger partial charge is 0.465 e. The standard InChI is InChI=1S/C21H22N2O9S/c1-13-4-6-17(7-5-13)33(28,29)22-11-19(25)32-12-18(24)23-16-9-14(20(26)30-2)8-15(10-16)21(27)31-3/h4-10,22H,11-12H2,1-3H3,(H,23,24). The number of benzene rings is 2. The monoisotopic (exact) mass is 478 g/mol. The fourth-order valence-electron chi connectivity index (χ4n) is 2.52. The van der Waals surface area contributed by atoms with Crippen LogP contribution in [-0.2, 0) is 33.8 Å². The summed E-state index contributed by atoms with van der Waals surface area (Å²) < 4.78 is 40.4. The molecule has 1 amide bonds. The van der Waals surface area contributed by atoms with Crippen molar-refractivity contribution in [1.29, 1.82) is 0 Å². The van der Waals surface area contributed by atoms with Crippen LogP contribution in [0, 0.1) is 6.92 Å². The van der Waals surface area contributed by atoms with Gasteiger partial charge in [-0.1, -0.05) is 17.7 Å². The van der Waals surface area contributed by atoms with Gasteiger partial charge in [-0.3, -0.25) is 9.59 Å². The molecule has 0 fully saturated rings. The number of nitrogens with one attached hydrogen (secondary N) is 2. The molecular formula is C21H22N2O9S. The van der Waals surface area contributed by atoms with Crippen molar-refractivity contribution in [2.24, 2.45) is 0 Å². The molecule has 0 spiro atoms. The van der Waals surface area contributed by atoms with Gasteiger partial charge in [0.25, 0.3) is 5.91 Å². The Morgan fingerprint density at radius 3 is 1.94 bits per heavy atom. The van der Waals surface area contributed by atoms with Gasteiger partial charge < -0.3 is 19.5 Å². The van der Waals surface area contributed by atoms with Crippen molar-refractivity contribution in [3.8, 4) is 0 Å². The summed E-state index contributed by atoms with van der Waals surface area (Å²) in [4.78, 5) is 47.5. The van der Waals surface area contributed by atoms with E-state index >= 15 is 0 Å². The molecule has 2 N–H and O–H groups in total. The first-order chi connectivity index (χ1) is 15.6. The van der Waals surface area contributed by atoms with Crippen LogP contribution in [0.15, 0.2) is 47.4 Å². The second kappa shape index (κ2) is 11.2. The Morgan fingerprint density at radius 1 is 0.879 bits per heavy atom. The number of hydrogen-bond acceptors (Lipinski definition) is 9. The highest BCUT2D eigenvalue weighted by molar-refractivity contribution is 7.89. The summed E-state index contributed by atoms with van der Waals surface area (Å²) in [5, 5.41) is 2.37. The zero-order chi connectivity index (χ0) is 24.6. The van der Waals surface area contributed by atoms with Crippen molar-refractivity contribution in [3.63, 3.8) is 0 Å². The number of hydrogen-bond donors (Lipinski definition) is 2. The van der Waals surface area contributed by atoms with Crippen LogP contribution in [-0.4, -0.2) is 59.6 Å². The Hall–Kier alpha value is -3.77. The molecule has 0 aromatic heterocycles. The third-order valence-electron chi connectivity index (χ3n) is 4.16. The lowest BCUT2D eigenvalue weighted by Gasteiger charge is -2.10. The van der Waals surface area contributed by atoms with Crippen molar-refractivity contribution in [2.75, 3.05) is 32.7 Å². The fraction of sp³-hybridized carbons (Fsp3) is 0.238. The molecule has 11 nitrogen and oxygen atoms in total. The van der Waals surface area contributed by atoms with Crippen LogP contribution in [0.1, 0.15) is 26.3 Å². The first kappa shape index (κ1) is 25.5. The molecule has 0 unspecified atom stereocenters. The molecule has 0 saturated heterocycles. The van der Waals surface area contributed by atoms with Gasteiger partial charge in [0, 0.05) is 5.69 Å². The minimum Gasteiger partial charge on any atom is -0.465 e. The molecule has 0 bridgehead atoms. The Bertz CT molecular complexity index is 1120. The first-order valence-electron chi connectivity index (χ1n) is 9.39. The predicted molar refractivity (Wildman–Crippen MR) is 115 cm³/mol. The van der Waals surface area contributed by atoms with E-state index in [1.165, 1.54) is 30.3 Å². The molecule has 2 rings (SSSR count). The summed E-state index contributed by atoms with van der Waals surface area (Å²) in [6.45, 7) is 0.378. The minimum absolute atomic E-state index is 0.0155.